The number of benzene rings is 2. The molecule has 3 aromatic rings. The normalized spacial score (nSPS) is 11.9. The summed E-state index contributed by atoms with van der Waals surface area (Å²) in [6.07, 6.45) is 0. The van der Waals surface area contributed by atoms with E-state index in [9.17, 15) is 22.4 Å². The van der Waals surface area contributed by atoms with Gasteiger partial charge >= 0.3 is 5.76 Å². The number of fused-ring (bicyclic) bond motifs is 1. The third-order valence-corrected chi connectivity index (χ3v) is 6.48. The third-order valence-electron chi connectivity index (χ3n) is 4.43. The molecule has 2 aromatic carbocycles. The van der Waals surface area contributed by atoms with Gasteiger partial charge in [0.05, 0.1) is 16.1 Å². The second kappa shape index (κ2) is 8.18. The number of halogens is 1. The summed E-state index contributed by atoms with van der Waals surface area (Å²) in [6.45, 7) is 3.65. The number of hydrogen-bond donors (Lipinski definition) is 1. The van der Waals surface area contributed by atoms with E-state index in [0.717, 1.165) is 4.57 Å². The van der Waals surface area contributed by atoms with Gasteiger partial charge in [0.25, 0.3) is 0 Å². The first-order valence-electron chi connectivity index (χ1n) is 8.95. The Bertz CT molecular complexity index is 1210. The van der Waals surface area contributed by atoms with Gasteiger partial charge in [0.2, 0.25) is 15.9 Å². The highest BCUT2D eigenvalue weighted by Crippen LogP contribution is 2.22. The molecule has 0 saturated heterocycles. The van der Waals surface area contributed by atoms with Crippen LogP contribution in [0.4, 0.5) is 10.1 Å². The summed E-state index contributed by atoms with van der Waals surface area (Å²) in [5, 5.41) is 2.39. The highest BCUT2D eigenvalue weighted by molar-refractivity contribution is 7.89. The van der Waals surface area contributed by atoms with Crippen molar-refractivity contribution in [3.8, 4) is 0 Å². The molecule has 0 fully saturated rings. The Balaban J connectivity index is 1.91. The number of sulfonamides is 1. The molecule has 1 aromatic heterocycles. The van der Waals surface area contributed by atoms with E-state index >= 15 is 0 Å². The number of amides is 1. The summed E-state index contributed by atoms with van der Waals surface area (Å²) in [7, 11) is -3.72. The van der Waals surface area contributed by atoms with E-state index in [4.69, 9.17) is 4.42 Å². The zero-order valence-electron chi connectivity index (χ0n) is 15.9. The van der Waals surface area contributed by atoms with E-state index in [1.54, 1.807) is 19.9 Å². The van der Waals surface area contributed by atoms with E-state index in [2.05, 4.69) is 5.32 Å². The first-order chi connectivity index (χ1) is 13.8. The molecule has 8 nitrogen and oxygen atoms in total. The molecule has 1 amide bonds. The Morgan fingerprint density at radius 3 is 2.52 bits per heavy atom. The van der Waals surface area contributed by atoms with Crippen molar-refractivity contribution < 1.29 is 22.0 Å². The Hall–Kier alpha value is -2.98. The lowest BCUT2D eigenvalue weighted by Gasteiger charge is -2.18. The largest absolute Gasteiger partial charge is 0.420 e. The zero-order chi connectivity index (χ0) is 21.2. The summed E-state index contributed by atoms with van der Waals surface area (Å²) >= 11 is 0. The van der Waals surface area contributed by atoms with Gasteiger partial charge in [-0.1, -0.05) is 26.0 Å². The van der Waals surface area contributed by atoms with Crippen LogP contribution in [0.5, 0.6) is 0 Å². The van der Waals surface area contributed by atoms with Crippen LogP contribution in [0.3, 0.4) is 0 Å². The Morgan fingerprint density at radius 1 is 1.17 bits per heavy atom. The summed E-state index contributed by atoms with van der Waals surface area (Å²) < 4.78 is 46.4. The average molecular weight is 421 g/mol. The van der Waals surface area contributed by atoms with Gasteiger partial charge in [-0.3, -0.25) is 9.36 Å². The van der Waals surface area contributed by atoms with Crippen LogP contribution in [0.25, 0.3) is 11.1 Å². The van der Waals surface area contributed by atoms with E-state index in [-0.39, 0.29) is 21.7 Å². The fraction of sp³-hybridized carbons (Fsp3) is 0.263. The Morgan fingerprint density at radius 2 is 1.86 bits per heavy atom. The van der Waals surface area contributed by atoms with Gasteiger partial charge in [-0.05, 0) is 24.3 Å². The second-order valence-electron chi connectivity index (χ2n) is 6.20. The molecule has 154 valence electrons. The molecule has 3 rings (SSSR count). The molecule has 0 radical (unpaired) electrons. The number of aromatic nitrogens is 1. The van der Waals surface area contributed by atoms with Crippen LogP contribution < -0.4 is 11.1 Å². The molecule has 1 N–H and O–H groups in total. The fourth-order valence-electron chi connectivity index (χ4n) is 2.97. The molecular weight excluding hydrogens is 401 g/mol. The topological polar surface area (TPSA) is 102 Å². The van der Waals surface area contributed by atoms with E-state index in [1.165, 1.54) is 40.7 Å². The molecule has 0 spiro atoms. The van der Waals surface area contributed by atoms with Gasteiger partial charge in [0.15, 0.2) is 5.58 Å². The number of rotatable bonds is 7. The summed E-state index contributed by atoms with van der Waals surface area (Å²) in [4.78, 5) is 24.4. The van der Waals surface area contributed by atoms with Crippen molar-refractivity contribution in [2.45, 2.75) is 25.3 Å². The highest BCUT2D eigenvalue weighted by Gasteiger charge is 2.23. The molecular formula is C19H20FN3O5S. The predicted octanol–water partition coefficient (Wildman–Crippen LogP) is 2.40. The van der Waals surface area contributed by atoms with Crippen LogP contribution in [0.1, 0.15) is 13.8 Å². The maximum absolute atomic E-state index is 13.7. The summed E-state index contributed by atoms with van der Waals surface area (Å²) in [5.41, 5.74) is 0.296. The minimum absolute atomic E-state index is 0.00838. The van der Waals surface area contributed by atoms with Crippen molar-refractivity contribution in [2.75, 3.05) is 18.4 Å². The van der Waals surface area contributed by atoms with Gasteiger partial charge < -0.3 is 9.73 Å². The number of para-hydroxylation sites is 1. The lowest BCUT2D eigenvalue weighted by molar-refractivity contribution is -0.116. The van der Waals surface area contributed by atoms with Crippen LogP contribution in [-0.4, -0.2) is 36.3 Å². The summed E-state index contributed by atoms with van der Waals surface area (Å²) in [6, 6.07) is 9.68. The number of carbonyl (C=O) groups excluding carboxylic acids is 1. The lowest BCUT2D eigenvalue weighted by Crippen LogP contribution is -2.30. The van der Waals surface area contributed by atoms with Crippen LogP contribution in [-0.2, 0) is 21.4 Å². The van der Waals surface area contributed by atoms with Gasteiger partial charge in [-0.2, -0.15) is 4.31 Å². The van der Waals surface area contributed by atoms with Crippen LogP contribution in [0, 0.1) is 5.82 Å². The molecule has 10 heteroatoms. The summed E-state index contributed by atoms with van der Waals surface area (Å²) in [5.74, 6) is -2.04. The number of carbonyl (C=O) groups is 1. The average Bonchev–Trinajstić information content (AvgIpc) is 2.99. The van der Waals surface area contributed by atoms with Crippen molar-refractivity contribution in [1.82, 2.24) is 8.87 Å². The van der Waals surface area contributed by atoms with Crippen LogP contribution >= 0.6 is 0 Å². The minimum atomic E-state index is -3.72. The molecule has 0 bridgehead atoms. The van der Waals surface area contributed by atoms with Crippen molar-refractivity contribution in [2.24, 2.45) is 0 Å². The van der Waals surface area contributed by atoms with E-state index in [1.807, 2.05) is 0 Å². The monoisotopic (exact) mass is 421 g/mol. The molecule has 0 saturated carbocycles. The van der Waals surface area contributed by atoms with Gasteiger partial charge in [-0.25, -0.2) is 17.6 Å². The maximum Gasteiger partial charge on any atom is 0.420 e. The fourth-order valence-corrected chi connectivity index (χ4v) is 4.44. The van der Waals surface area contributed by atoms with Gasteiger partial charge in [-0.15, -0.1) is 0 Å². The number of hydrogen-bond acceptors (Lipinski definition) is 5. The van der Waals surface area contributed by atoms with Crippen LogP contribution in [0.2, 0.25) is 0 Å². The second-order valence-corrected chi connectivity index (χ2v) is 8.14. The molecule has 1 heterocycles. The standard InChI is InChI=1S/C19H20FN3O5S/c1-3-22(4-2)29(26,27)13-9-10-16-17(11-13)28-19(25)23(16)12-18(24)21-15-8-6-5-7-14(15)20/h5-11H,3-4,12H2,1-2H3,(H,21,24). The zero-order valence-corrected chi connectivity index (χ0v) is 16.7. The smallest absolute Gasteiger partial charge is 0.408 e. The number of oxazole rings is 1. The molecule has 0 aliphatic carbocycles. The molecule has 0 aliphatic rings. The first-order valence-corrected chi connectivity index (χ1v) is 10.4. The molecule has 0 unspecified atom stereocenters. The van der Waals surface area contributed by atoms with Gasteiger partial charge in [0.1, 0.15) is 12.4 Å². The quantitative estimate of drug-likeness (QED) is 0.631. The van der Waals surface area contributed by atoms with Crippen molar-refractivity contribution in [3.05, 3.63) is 58.8 Å². The van der Waals surface area contributed by atoms with E-state index in [0.29, 0.717) is 13.1 Å². The van der Waals surface area contributed by atoms with Gasteiger partial charge in [0, 0.05) is 19.2 Å². The lowest BCUT2D eigenvalue weighted by atomic mass is 10.3. The van der Waals surface area contributed by atoms with E-state index < -0.39 is 34.0 Å². The van der Waals surface area contributed by atoms with Crippen molar-refractivity contribution in [3.63, 3.8) is 0 Å². The predicted molar refractivity (Wildman–Crippen MR) is 106 cm³/mol. The molecule has 0 aliphatic heterocycles. The highest BCUT2D eigenvalue weighted by atomic mass is 32.2. The first kappa shape index (κ1) is 20.7. The molecule has 29 heavy (non-hydrogen) atoms. The third kappa shape index (κ3) is 4.08. The van der Waals surface area contributed by atoms with Crippen molar-refractivity contribution >= 4 is 32.7 Å². The molecule has 0 atom stereocenters. The minimum Gasteiger partial charge on any atom is -0.408 e. The number of anilines is 1. The Labute approximate surface area is 166 Å². The Kier molecular flexibility index (Phi) is 5.85. The van der Waals surface area contributed by atoms with Crippen molar-refractivity contribution in [1.29, 1.82) is 0 Å². The number of nitrogens with one attached hydrogen (secondary N) is 1. The maximum atomic E-state index is 13.7. The van der Waals surface area contributed by atoms with Crippen LogP contribution in [0.15, 0.2) is 56.6 Å². The SMILES string of the molecule is CCN(CC)S(=O)(=O)c1ccc2c(c1)oc(=O)n2CC(=O)Nc1ccccc1F. The number of nitrogens with zero attached hydrogens (tertiary/aromatic N) is 2.